The van der Waals surface area contributed by atoms with E-state index in [0.717, 1.165) is 0 Å². The maximum atomic E-state index is 11.9. The molecule has 0 unspecified atom stereocenters. The number of benzene rings is 1. The fraction of sp³-hybridized carbons (Fsp3) is 0.273. The predicted molar refractivity (Wildman–Crippen MR) is 61.1 cm³/mol. The summed E-state index contributed by atoms with van der Waals surface area (Å²) in [4.78, 5) is 0.330. The molecule has 3 nitrogen and oxygen atoms in total. The maximum Gasteiger partial charge on any atom is 0.242 e. The summed E-state index contributed by atoms with van der Waals surface area (Å²) in [5, 5.41) is 0. The quantitative estimate of drug-likeness (QED) is 0.717. The van der Waals surface area contributed by atoms with Crippen LogP contribution in [0, 0.1) is 0 Å². The van der Waals surface area contributed by atoms with Crippen molar-refractivity contribution in [2.75, 3.05) is 13.6 Å². The lowest BCUT2D eigenvalue weighted by molar-refractivity contribution is 0.475. The van der Waals surface area contributed by atoms with Crippen molar-refractivity contribution in [1.82, 2.24) is 4.31 Å². The van der Waals surface area contributed by atoms with Crippen molar-refractivity contribution in [2.45, 2.75) is 11.3 Å². The highest BCUT2D eigenvalue weighted by atomic mass is 32.2. The van der Waals surface area contributed by atoms with Crippen LogP contribution in [0.2, 0.25) is 0 Å². The molecule has 82 valence electrons. The highest BCUT2D eigenvalue weighted by Gasteiger charge is 2.18. The van der Waals surface area contributed by atoms with E-state index >= 15 is 0 Å². The van der Waals surface area contributed by atoms with E-state index in [0.29, 0.717) is 17.9 Å². The molecular formula is C11H15NO2S. The highest BCUT2D eigenvalue weighted by molar-refractivity contribution is 7.89. The second kappa shape index (κ2) is 5.09. The van der Waals surface area contributed by atoms with Crippen molar-refractivity contribution in [3.63, 3.8) is 0 Å². The van der Waals surface area contributed by atoms with Gasteiger partial charge in [0.1, 0.15) is 0 Å². The van der Waals surface area contributed by atoms with E-state index in [1.165, 1.54) is 4.31 Å². The molecule has 0 fully saturated rings. The summed E-state index contributed by atoms with van der Waals surface area (Å²) in [5.41, 5.74) is 0. The standard InChI is InChI=1S/C11H15NO2S/c1-3-4-10-12(2)15(13,14)11-8-6-5-7-9-11/h3,5-9H,1,4,10H2,2H3. The van der Waals surface area contributed by atoms with E-state index in [1.54, 1.807) is 43.5 Å². The second-order valence-corrected chi connectivity index (χ2v) is 5.26. The third-order valence-electron chi connectivity index (χ3n) is 2.10. The first kappa shape index (κ1) is 11.9. The zero-order chi connectivity index (χ0) is 11.3. The summed E-state index contributed by atoms with van der Waals surface area (Å²) >= 11 is 0. The monoisotopic (exact) mass is 225 g/mol. The third-order valence-corrected chi connectivity index (χ3v) is 3.97. The topological polar surface area (TPSA) is 37.4 Å². The second-order valence-electron chi connectivity index (χ2n) is 3.22. The van der Waals surface area contributed by atoms with Crippen molar-refractivity contribution < 1.29 is 8.42 Å². The van der Waals surface area contributed by atoms with Crippen LogP contribution in [0.25, 0.3) is 0 Å². The van der Waals surface area contributed by atoms with Crippen LogP contribution in [0.5, 0.6) is 0 Å². The van der Waals surface area contributed by atoms with Crippen molar-refractivity contribution in [3.8, 4) is 0 Å². The van der Waals surface area contributed by atoms with Gasteiger partial charge in [-0.3, -0.25) is 0 Å². The van der Waals surface area contributed by atoms with Gasteiger partial charge < -0.3 is 0 Å². The Bertz CT molecular complexity index is 411. The third kappa shape index (κ3) is 2.91. The SMILES string of the molecule is C=CCCN(C)S(=O)(=O)c1ccccc1. The highest BCUT2D eigenvalue weighted by Crippen LogP contribution is 2.13. The van der Waals surface area contributed by atoms with Gasteiger partial charge in [-0.05, 0) is 18.6 Å². The van der Waals surface area contributed by atoms with Gasteiger partial charge in [-0.1, -0.05) is 24.3 Å². The molecule has 1 aromatic rings. The zero-order valence-corrected chi connectivity index (χ0v) is 9.57. The molecule has 0 bridgehead atoms. The molecule has 0 atom stereocenters. The minimum absolute atomic E-state index is 0.330. The minimum Gasteiger partial charge on any atom is -0.207 e. The Morgan fingerprint density at radius 1 is 1.33 bits per heavy atom. The lowest BCUT2D eigenvalue weighted by Gasteiger charge is -2.15. The van der Waals surface area contributed by atoms with Crippen LogP contribution >= 0.6 is 0 Å². The Balaban J connectivity index is 2.88. The van der Waals surface area contributed by atoms with Gasteiger partial charge in [0.2, 0.25) is 10.0 Å². The van der Waals surface area contributed by atoms with Gasteiger partial charge in [-0.15, -0.1) is 6.58 Å². The van der Waals surface area contributed by atoms with E-state index < -0.39 is 10.0 Å². The van der Waals surface area contributed by atoms with Crippen LogP contribution in [0.1, 0.15) is 6.42 Å². The fourth-order valence-corrected chi connectivity index (χ4v) is 2.37. The molecule has 0 radical (unpaired) electrons. The van der Waals surface area contributed by atoms with Gasteiger partial charge in [-0.2, -0.15) is 0 Å². The van der Waals surface area contributed by atoms with Crippen LogP contribution in [-0.2, 0) is 10.0 Å². The summed E-state index contributed by atoms with van der Waals surface area (Å²) < 4.78 is 25.2. The Kier molecular flexibility index (Phi) is 4.05. The minimum atomic E-state index is -3.33. The average molecular weight is 225 g/mol. The van der Waals surface area contributed by atoms with Crippen LogP contribution in [0.15, 0.2) is 47.9 Å². The molecule has 15 heavy (non-hydrogen) atoms. The fourth-order valence-electron chi connectivity index (χ4n) is 1.17. The predicted octanol–water partition coefficient (Wildman–Crippen LogP) is 1.88. The van der Waals surface area contributed by atoms with Gasteiger partial charge in [0, 0.05) is 13.6 Å². The first-order chi connectivity index (χ1) is 7.09. The molecule has 0 N–H and O–H groups in total. The van der Waals surface area contributed by atoms with Crippen molar-refractivity contribution in [2.24, 2.45) is 0 Å². The van der Waals surface area contributed by atoms with Gasteiger partial charge in [0.05, 0.1) is 4.90 Å². The lowest BCUT2D eigenvalue weighted by Crippen LogP contribution is -2.27. The van der Waals surface area contributed by atoms with E-state index in [2.05, 4.69) is 6.58 Å². The van der Waals surface area contributed by atoms with E-state index in [-0.39, 0.29) is 0 Å². The normalized spacial score (nSPS) is 11.6. The summed E-state index contributed by atoms with van der Waals surface area (Å²) in [6.45, 7) is 4.03. The lowest BCUT2D eigenvalue weighted by atomic mass is 10.4. The number of nitrogens with zero attached hydrogens (tertiary/aromatic N) is 1. The number of rotatable bonds is 5. The molecule has 1 aromatic carbocycles. The van der Waals surface area contributed by atoms with E-state index in [1.807, 2.05) is 0 Å². The number of hydrogen-bond acceptors (Lipinski definition) is 2. The molecule has 0 amide bonds. The van der Waals surface area contributed by atoms with Gasteiger partial charge in [0.15, 0.2) is 0 Å². The Morgan fingerprint density at radius 2 is 1.93 bits per heavy atom. The number of hydrogen-bond donors (Lipinski definition) is 0. The molecule has 0 aliphatic carbocycles. The smallest absolute Gasteiger partial charge is 0.207 e. The first-order valence-corrected chi connectivity index (χ1v) is 6.15. The summed E-state index contributed by atoms with van der Waals surface area (Å²) in [5.74, 6) is 0. The van der Waals surface area contributed by atoms with Gasteiger partial charge >= 0.3 is 0 Å². The molecular weight excluding hydrogens is 210 g/mol. The van der Waals surface area contributed by atoms with Crippen LogP contribution in [-0.4, -0.2) is 26.3 Å². The van der Waals surface area contributed by atoms with Crippen LogP contribution in [0.4, 0.5) is 0 Å². The van der Waals surface area contributed by atoms with Crippen LogP contribution in [0.3, 0.4) is 0 Å². The molecule has 0 aliphatic heterocycles. The van der Waals surface area contributed by atoms with Crippen LogP contribution < -0.4 is 0 Å². The van der Waals surface area contributed by atoms with E-state index in [9.17, 15) is 8.42 Å². The summed E-state index contributed by atoms with van der Waals surface area (Å²) in [6.07, 6.45) is 2.36. The maximum absolute atomic E-state index is 11.9. The first-order valence-electron chi connectivity index (χ1n) is 4.71. The summed E-state index contributed by atoms with van der Waals surface area (Å²) in [6, 6.07) is 8.42. The Hall–Kier alpha value is -1.13. The zero-order valence-electron chi connectivity index (χ0n) is 8.76. The van der Waals surface area contributed by atoms with E-state index in [4.69, 9.17) is 0 Å². The molecule has 0 saturated heterocycles. The largest absolute Gasteiger partial charge is 0.242 e. The van der Waals surface area contributed by atoms with Gasteiger partial charge in [-0.25, -0.2) is 12.7 Å². The Labute approximate surface area is 91.1 Å². The van der Waals surface area contributed by atoms with Crippen molar-refractivity contribution in [3.05, 3.63) is 43.0 Å². The molecule has 0 aliphatic rings. The number of sulfonamides is 1. The summed E-state index contributed by atoms with van der Waals surface area (Å²) in [7, 11) is -1.75. The molecule has 0 saturated carbocycles. The molecule has 4 heteroatoms. The van der Waals surface area contributed by atoms with Crippen molar-refractivity contribution in [1.29, 1.82) is 0 Å². The van der Waals surface area contributed by atoms with Gasteiger partial charge in [0.25, 0.3) is 0 Å². The molecule has 0 aromatic heterocycles. The molecule has 0 heterocycles. The van der Waals surface area contributed by atoms with Crippen molar-refractivity contribution >= 4 is 10.0 Å². The molecule has 0 spiro atoms. The Morgan fingerprint density at radius 3 is 2.47 bits per heavy atom. The average Bonchev–Trinajstić information content (AvgIpc) is 2.27. The molecule has 1 rings (SSSR count).